The van der Waals surface area contributed by atoms with Gasteiger partial charge in [0.15, 0.2) is 23.1 Å². The number of oxazole rings is 1. The van der Waals surface area contributed by atoms with Gasteiger partial charge in [0.25, 0.3) is 0 Å². The quantitative estimate of drug-likeness (QED) is 0.167. The van der Waals surface area contributed by atoms with Gasteiger partial charge in [0.1, 0.15) is 16.7 Å². The van der Waals surface area contributed by atoms with Crippen LogP contribution in [0.15, 0.2) is 191 Å². The molecule has 6 heteroatoms. The molecule has 0 saturated carbocycles. The number of para-hydroxylation sites is 1. The van der Waals surface area contributed by atoms with E-state index in [1.807, 2.05) is 97.1 Å². The van der Waals surface area contributed by atoms with E-state index in [9.17, 15) is 0 Å². The predicted molar refractivity (Wildman–Crippen MR) is 245 cm³/mol. The molecule has 0 unspecified atom stereocenters. The van der Waals surface area contributed by atoms with Crippen molar-refractivity contribution in [3.63, 3.8) is 0 Å². The highest BCUT2D eigenvalue weighted by Gasteiger charge is 2.39. The van der Waals surface area contributed by atoms with Gasteiger partial charge in [-0.2, -0.15) is 0 Å². The third-order valence-electron chi connectivity index (χ3n) is 12.2. The average molecular weight is 785 g/mol. The first-order valence-electron chi connectivity index (χ1n) is 20.5. The molecule has 0 spiro atoms. The van der Waals surface area contributed by atoms with E-state index in [4.69, 9.17) is 28.8 Å². The summed E-state index contributed by atoms with van der Waals surface area (Å²) in [6.07, 6.45) is 0. The van der Waals surface area contributed by atoms with E-state index < -0.39 is 0 Å². The van der Waals surface area contributed by atoms with Crippen molar-refractivity contribution in [2.45, 2.75) is 19.3 Å². The fourth-order valence-electron chi connectivity index (χ4n) is 9.21. The molecule has 0 N–H and O–H groups in total. The summed E-state index contributed by atoms with van der Waals surface area (Å²) in [5.41, 5.74) is 15.9. The fraction of sp³-hybridized carbons (Fsp3) is 0.0545. The van der Waals surface area contributed by atoms with Crippen LogP contribution in [0.1, 0.15) is 25.0 Å². The van der Waals surface area contributed by atoms with Crippen molar-refractivity contribution < 1.29 is 8.83 Å². The zero-order valence-corrected chi connectivity index (χ0v) is 33.4. The normalized spacial score (nSPS) is 12.9. The Morgan fingerprint density at radius 2 is 0.951 bits per heavy atom. The maximum atomic E-state index is 6.82. The highest BCUT2D eigenvalue weighted by atomic mass is 16.3. The molecule has 8 aromatic carbocycles. The summed E-state index contributed by atoms with van der Waals surface area (Å²) >= 11 is 0. The molecule has 0 saturated heterocycles. The molecule has 1 aliphatic rings. The number of hydrogen-bond donors (Lipinski definition) is 0. The molecule has 0 fully saturated rings. The van der Waals surface area contributed by atoms with Gasteiger partial charge < -0.3 is 8.83 Å². The van der Waals surface area contributed by atoms with E-state index >= 15 is 0 Å². The van der Waals surface area contributed by atoms with Crippen LogP contribution in [-0.2, 0) is 5.41 Å². The second-order valence-electron chi connectivity index (χ2n) is 16.2. The van der Waals surface area contributed by atoms with Gasteiger partial charge in [0.2, 0.25) is 5.89 Å². The number of rotatable bonds is 6. The molecule has 0 amide bonds. The molecule has 3 aromatic heterocycles. The lowest BCUT2D eigenvalue weighted by atomic mass is 9.81. The van der Waals surface area contributed by atoms with Gasteiger partial charge in [-0.25, -0.2) is 19.9 Å². The van der Waals surface area contributed by atoms with E-state index in [-0.39, 0.29) is 5.41 Å². The van der Waals surface area contributed by atoms with Gasteiger partial charge >= 0.3 is 0 Å². The van der Waals surface area contributed by atoms with Crippen LogP contribution in [-0.4, -0.2) is 19.9 Å². The third-order valence-corrected chi connectivity index (χ3v) is 12.2. The Kier molecular flexibility index (Phi) is 7.78. The van der Waals surface area contributed by atoms with Crippen molar-refractivity contribution in [3.8, 4) is 79.0 Å². The van der Waals surface area contributed by atoms with Gasteiger partial charge in [-0.3, -0.25) is 0 Å². The molecule has 3 heterocycles. The maximum absolute atomic E-state index is 6.82. The molecule has 0 radical (unpaired) electrons. The number of aromatic nitrogens is 4. The van der Waals surface area contributed by atoms with Crippen LogP contribution >= 0.6 is 0 Å². The van der Waals surface area contributed by atoms with Crippen molar-refractivity contribution in [2.75, 3.05) is 0 Å². The molecule has 1 aliphatic carbocycles. The lowest BCUT2D eigenvalue weighted by molar-refractivity contribution is 0.619. The predicted octanol–water partition coefficient (Wildman–Crippen LogP) is 14.2. The van der Waals surface area contributed by atoms with Crippen LogP contribution in [0.2, 0.25) is 0 Å². The minimum atomic E-state index is -0.325. The minimum absolute atomic E-state index is 0.325. The molecule has 0 atom stereocenters. The summed E-state index contributed by atoms with van der Waals surface area (Å²) in [6.45, 7) is 4.59. The van der Waals surface area contributed by atoms with Crippen molar-refractivity contribution in [3.05, 3.63) is 193 Å². The number of hydrogen-bond acceptors (Lipinski definition) is 6. The minimum Gasteiger partial charge on any atom is -0.455 e. The second-order valence-corrected chi connectivity index (χ2v) is 16.2. The first kappa shape index (κ1) is 35.0. The van der Waals surface area contributed by atoms with Crippen LogP contribution in [0.3, 0.4) is 0 Å². The zero-order chi connectivity index (χ0) is 40.7. The van der Waals surface area contributed by atoms with Gasteiger partial charge in [-0.05, 0) is 81.4 Å². The summed E-state index contributed by atoms with van der Waals surface area (Å²) in [7, 11) is 0. The van der Waals surface area contributed by atoms with E-state index in [1.54, 1.807) is 0 Å². The van der Waals surface area contributed by atoms with Crippen molar-refractivity contribution >= 4 is 33.0 Å². The monoisotopic (exact) mass is 784 g/mol. The molecule has 0 bridgehead atoms. The summed E-state index contributed by atoms with van der Waals surface area (Å²) in [4.78, 5) is 20.1. The largest absolute Gasteiger partial charge is 0.455 e. The van der Waals surface area contributed by atoms with Crippen LogP contribution in [0.25, 0.3) is 112 Å². The molecule has 0 aliphatic heterocycles. The van der Waals surface area contributed by atoms with E-state index in [2.05, 4.69) is 98.8 Å². The topological polar surface area (TPSA) is 77.8 Å². The molecular formula is C55H36N4O2. The van der Waals surface area contributed by atoms with Crippen LogP contribution < -0.4 is 0 Å². The van der Waals surface area contributed by atoms with E-state index in [0.29, 0.717) is 23.4 Å². The van der Waals surface area contributed by atoms with Crippen molar-refractivity contribution in [1.82, 2.24) is 19.9 Å². The second kappa shape index (κ2) is 13.5. The van der Waals surface area contributed by atoms with Crippen molar-refractivity contribution in [1.29, 1.82) is 0 Å². The average Bonchev–Trinajstić information content (AvgIpc) is 4.00. The Morgan fingerprint density at radius 1 is 0.393 bits per heavy atom. The Hall–Kier alpha value is -7.96. The summed E-state index contributed by atoms with van der Waals surface area (Å²) < 4.78 is 13.2. The SMILES string of the molecule is CC1(C)c2cc(-c3ccc(-c4cccc(-c5nc(-c6ccccc6)nc(-c6ccccc6)n5)c4)c4c3oc3ccccc34)ccc2-c2ccc3oc(-c4ccccc4)nc3c21. The summed E-state index contributed by atoms with van der Waals surface area (Å²) in [5.74, 6) is 2.51. The number of benzene rings is 8. The number of fused-ring (bicyclic) bond motifs is 8. The Labute approximate surface area is 351 Å². The zero-order valence-electron chi connectivity index (χ0n) is 33.4. The van der Waals surface area contributed by atoms with Crippen LogP contribution in [0, 0.1) is 0 Å². The molecule has 61 heavy (non-hydrogen) atoms. The van der Waals surface area contributed by atoms with E-state index in [1.165, 1.54) is 22.3 Å². The third kappa shape index (κ3) is 5.64. The maximum Gasteiger partial charge on any atom is 0.227 e. The molecule has 12 rings (SSSR count). The summed E-state index contributed by atoms with van der Waals surface area (Å²) in [5, 5.41) is 2.13. The van der Waals surface area contributed by atoms with Gasteiger partial charge in [0, 0.05) is 44.0 Å². The molecular weight excluding hydrogens is 749 g/mol. The highest BCUT2D eigenvalue weighted by molar-refractivity contribution is 6.16. The molecule has 6 nitrogen and oxygen atoms in total. The van der Waals surface area contributed by atoms with Crippen molar-refractivity contribution in [2.24, 2.45) is 0 Å². The van der Waals surface area contributed by atoms with Gasteiger partial charge in [0.05, 0.1) is 0 Å². The lowest BCUT2D eigenvalue weighted by Gasteiger charge is -2.22. The Balaban J connectivity index is 0.982. The molecule has 288 valence electrons. The number of furan rings is 1. The Bertz CT molecular complexity index is 3440. The van der Waals surface area contributed by atoms with E-state index in [0.717, 1.165) is 77.5 Å². The van der Waals surface area contributed by atoms with Crippen LogP contribution in [0.5, 0.6) is 0 Å². The molecule has 11 aromatic rings. The highest BCUT2D eigenvalue weighted by Crippen LogP contribution is 2.53. The first-order chi connectivity index (χ1) is 30.0. The van der Waals surface area contributed by atoms with Gasteiger partial charge in [-0.1, -0.05) is 153 Å². The van der Waals surface area contributed by atoms with Gasteiger partial charge in [-0.15, -0.1) is 0 Å². The summed E-state index contributed by atoms with van der Waals surface area (Å²) in [6, 6.07) is 62.6. The first-order valence-corrected chi connectivity index (χ1v) is 20.5. The van der Waals surface area contributed by atoms with Crippen LogP contribution in [0.4, 0.5) is 0 Å². The fourth-order valence-corrected chi connectivity index (χ4v) is 9.21. The number of nitrogens with zero attached hydrogens (tertiary/aromatic N) is 4. The Morgan fingerprint density at radius 3 is 1.67 bits per heavy atom. The smallest absolute Gasteiger partial charge is 0.227 e. The standard InChI is InChI=1S/C55H36N4O2/c1-55(2)44-32-37(25-26-41(44)42-29-30-46-49(48(42)55)56-54(61-46)35-19-10-5-11-20-35)40-28-27-39(47-43-23-12-13-24-45(43)60-50(40)47)36-21-14-22-38(31-36)53-58-51(33-15-6-3-7-16-33)57-52(59-53)34-17-8-4-9-18-34/h3-32H,1-2H3. The lowest BCUT2D eigenvalue weighted by Crippen LogP contribution is -2.15.